The Bertz CT molecular complexity index is 269. The summed E-state index contributed by atoms with van der Waals surface area (Å²) in [6.07, 6.45) is 7.45. The molecule has 3 nitrogen and oxygen atoms in total. The molecule has 0 radical (unpaired) electrons. The van der Waals surface area contributed by atoms with Crippen molar-refractivity contribution in [2.75, 3.05) is 13.2 Å². The van der Waals surface area contributed by atoms with Gasteiger partial charge in [-0.2, -0.15) is 0 Å². The third kappa shape index (κ3) is 6.47. The zero-order valence-electron chi connectivity index (χ0n) is 11.2. The van der Waals surface area contributed by atoms with Gasteiger partial charge in [0.1, 0.15) is 6.61 Å². The Balaban J connectivity index is 2.51. The van der Waals surface area contributed by atoms with Gasteiger partial charge in [-0.3, -0.25) is 4.79 Å². The van der Waals surface area contributed by atoms with E-state index in [1.165, 1.54) is 0 Å². The minimum absolute atomic E-state index is 0.0804. The van der Waals surface area contributed by atoms with Crippen LogP contribution in [0.5, 0.6) is 0 Å². The van der Waals surface area contributed by atoms with Gasteiger partial charge in [-0.05, 0) is 32.3 Å². The van der Waals surface area contributed by atoms with E-state index in [9.17, 15) is 4.79 Å². The van der Waals surface area contributed by atoms with Gasteiger partial charge in [-0.15, -0.1) is 0 Å². The second kappa shape index (κ2) is 6.80. The van der Waals surface area contributed by atoms with Crippen LogP contribution < -0.4 is 0 Å². The Labute approximate surface area is 104 Å². The second-order valence-electron chi connectivity index (χ2n) is 5.43. The van der Waals surface area contributed by atoms with Gasteiger partial charge < -0.3 is 9.47 Å². The maximum Gasteiger partial charge on any atom is 0.306 e. The predicted molar refractivity (Wildman–Crippen MR) is 67.8 cm³/mol. The van der Waals surface area contributed by atoms with Crippen molar-refractivity contribution < 1.29 is 14.3 Å². The van der Waals surface area contributed by atoms with E-state index in [1.807, 2.05) is 12.2 Å². The zero-order chi connectivity index (χ0) is 12.7. The maximum atomic E-state index is 11.4. The van der Waals surface area contributed by atoms with Crippen molar-refractivity contribution >= 4 is 5.97 Å². The molecule has 1 aliphatic rings. The van der Waals surface area contributed by atoms with E-state index in [0.717, 1.165) is 19.3 Å². The van der Waals surface area contributed by atoms with Crippen LogP contribution in [0, 0.1) is 5.92 Å². The molecule has 0 aliphatic carbocycles. The van der Waals surface area contributed by atoms with E-state index in [2.05, 4.69) is 20.8 Å². The molecular formula is C14H24O3. The first kappa shape index (κ1) is 14.2. The Morgan fingerprint density at radius 2 is 2.00 bits per heavy atom. The molecule has 1 atom stereocenters. The number of cyclic esters (lactones) is 1. The molecule has 3 heteroatoms. The standard InChI is InChI=1S/C14H24O3/c1-12-7-6-8-14(2,3)17-10-5-4-9-16-13(15)11-12/h4-5,12H,6-11H2,1-3H3/b5-4-. The van der Waals surface area contributed by atoms with Gasteiger partial charge in [0.05, 0.1) is 12.2 Å². The Morgan fingerprint density at radius 1 is 1.29 bits per heavy atom. The van der Waals surface area contributed by atoms with Crippen LogP contribution in [-0.4, -0.2) is 24.8 Å². The third-order valence-corrected chi connectivity index (χ3v) is 3.07. The molecule has 1 aliphatic heterocycles. The molecule has 1 rings (SSSR count). The zero-order valence-corrected chi connectivity index (χ0v) is 11.2. The molecule has 98 valence electrons. The van der Waals surface area contributed by atoms with Gasteiger partial charge in [-0.1, -0.05) is 25.8 Å². The summed E-state index contributed by atoms with van der Waals surface area (Å²) in [5, 5.41) is 0. The Hall–Kier alpha value is -0.830. The lowest BCUT2D eigenvalue weighted by atomic mass is 9.95. The lowest BCUT2D eigenvalue weighted by Crippen LogP contribution is -2.24. The quantitative estimate of drug-likeness (QED) is 0.482. The number of rotatable bonds is 0. The van der Waals surface area contributed by atoms with Crippen LogP contribution in [0.3, 0.4) is 0 Å². The topological polar surface area (TPSA) is 35.5 Å². The molecule has 0 fully saturated rings. The summed E-state index contributed by atoms with van der Waals surface area (Å²) in [6, 6.07) is 0. The van der Waals surface area contributed by atoms with Crippen LogP contribution in [0.15, 0.2) is 12.2 Å². The smallest absolute Gasteiger partial charge is 0.306 e. The Morgan fingerprint density at radius 3 is 2.76 bits per heavy atom. The van der Waals surface area contributed by atoms with Crippen molar-refractivity contribution in [2.45, 2.75) is 52.1 Å². The highest BCUT2D eigenvalue weighted by atomic mass is 16.5. The average Bonchev–Trinajstić information content (AvgIpc) is 2.22. The van der Waals surface area contributed by atoms with Crippen molar-refractivity contribution in [3.8, 4) is 0 Å². The number of hydrogen-bond donors (Lipinski definition) is 0. The van der Waals surface area contributed by atoms with E-state index >= 15 is 0 Å². The molecule has 0 aromatic heterocycles. The fourth-order valence-corrected chi connectivity index (χ4v) is 1.94. The molecular weight excluding hydrogens is 216 g/mol. The minimum Gasteiger partial charge on any atom is -0.461 e. The van der Waals surface area contributed by atoms with Crippen LogP contribution in [0.2, 0.25) is 0 Å². The number of esters is 1. The summed E-state index contributed by atoms with van der Waals surface area (Å²) in [5.74, 6) is 0.296. The van der Waals surface area contributed by atoms with Gasteiger partial charge in [-0.25, -0.2) is 0 Å². The largest absolute Gasteiger partial charge is 0.461 e. The van der Waals surface area contributed by atoms with E-state index in [4.69, 9.17) is 9.47 Å². The highest BCUT2D eigenvalue weighted by Crippen LogP contribution is 2.21. The molecule has 0 N–H and O–H groups in total. The first-order valence-electron chi connectivity index (χ1n) is 6.44. The maximum absolute atomic E-state index is 11.4. The molecule has 0 saturated carbocycles. The van der Waals surface area contributed by atoms with Crippen molar-refractivity contribution in [2.24, 2.45) is 5.92 Å². The minimum atomic E-state index is -0.0958. The molecule has 0 amide bonds. The number of hydrogen-bond acceptors (Lipinski definition) is 3. The molecule has 0 aromatic carbocycles. The Kier molecular flexibility index (Phi) is 5.69. The van der Waals surface area contributed by atoms with Gasteiger partial charge in [0.25, 0.3) is 0 Å². The first-order valence-corrected chi connectivity index (χ1v) is 6.44. The van der Waals surface area contributed by atoms with Crippen molar-refractivity contribution in [3.05, 3.63) is 12.2 Å². The lowest BCUT2D eigenvalue weighted by molar-refractivity contribution is -0.143. The molecule has 17 heavy (non-hydrogen) atoms. The van der Waals surface area contributed by atoms with Crippen LogP contribution in [0.1, 0.15) is 46.5 Å². The molecule has 0 bridgehead atoms. The summed E-state index contributed by atoms with van der Waals surface area (Å²) in [6.45, 7) is 7.28. The summed E-state index contributed by atoms with van der Waals surface area (Å²) in [5.41, 5.74) is -0.0804. The molecule has 1 heterocycles. The van der Waals surface area contributed by atoms with Crippen molar-refractivity contribution in [1.29, 1.82) is 0 Å². The molecule has 0 saturated heterocycles. The third-order valence-electron chi connectivity index (χ3n) is 3.07. The lowest BCUT2D eigenvalue weighted by Gasteiger charge is -2.25. The van der Waals surface area contributed by atoms with Crippen LogP contribution in [0.25, 0.3) is 0 Å². The van der Waals surface area contributed by atoms with Crippen LogP contribution in [-0.2, 0) is 14.3 Å². The fourth-order valence-electron chi connectivity index (χ4n) is 1.94. The molecule has 0 spiro atoms. The monoisotopic (exact) mass is 240 g/mol. The SMILES string of the molecule is CC1CCCC(C)(C)OC/C=C\COC(=O)C1. The van der Waals surface area contributed by atoms with Crippen molar-refractivity contribution in [3.63, 3.8) is 0 Å². The van der Waals surface area contributed by atoms with Gasteiger partial charge in [0.2, 0.25) is 0 Å². The molecule has 0 aromatic rings. The van der Waals surface area contributed by atoms with Crippen LogP contribution >= 0.6 is 0 Å². The van der Waals surface area contributed by atoms with E-state index in [1.54, 1.807) is 0 Å². The normalized spacial score (nSPS) is 29.4. The number of carbonyl (C=O) groups excluding carboxylic acids is 1. The van der Waals surface area contributed by atoms with Crippen LogP contribution in [0.4, 0.5) is 0 Å². The highest BCUT2D eigenvalue weighted by Gasteiger charge is 2.18. The number of ether oxygens (including phenoxy) is 2. The molecule has 1 unspecified atom stereocenters. The summed E-state index contributed by atoms with van der Waals surface area (Å²) < 4.78 is 10.9. The van der Waals surface area contributed by atoms with E-state index < -0.39 is 0 Å². The summed E-state index contributed by atoms with van der Waals surface area (Å²) in [7, 11) is 0. The second-order valence-corrected chi connectivity index (χ2v) is 5.43. The first-order chi connectivity index (χ1) is 7.99. The predicted octanol–water partition coefficient (Wildman–Crippen LogP) is 3.09. The van der Waals surface area contributed by atoms with Gasteiger partial charge >= 0.3 is 5.97 Å². The highest BCUT2D eigenvalue weighted by molar-refractivity contribution is 5.69. The van der Waals surface area contributed by atoms with Crippen molar-refractivity contribution in [1.82, 2.24) is 0 Å². The van der Waals surface area contributed by atoms with E-state index in [0.29, 0.717) is 25.6 Å². The fraction of sp³-hybridized carbons (Fsp3) is 0.786. The van der Waals surface area contributed by atoms with Gasteiger partial charge in [0.15, 0.2) is 0 Å². The van der Waals surface area contributed by atoms with E-state index in [-0.39, 0.29) is 11.6 Å². The average molecular weight is 240 g/mol. The summed E-state index contributed by atoms with van der Waals surface area (Å²) >= 11 is 0. The number of carbonyl (C=O) groups is 1. The summed E-state index contributed by atoms with van der Waals surface area (Å²) in [4.78, 5) is 11.4. The van der Waals surface area contributed by atoms with Gasteiger partial charge in [0, 0.05) is 6.42 Å².